The molecule has 0 aliphatic carbocycles. The number of hydrogen-bond donors (Lipinski definition) is 0. The Bertz CT molecular complexity index is 312. The second-order valence-electron chi connectivity index (χ2n) is 4.67. The average molecular weight is 350 g/mol. The van der Waals surface area contributed by atoms with Gasteiger partial charge in [0.2, 0.25) is 0 Å². The van der Waals surface area contributed by atoms with Crippen molar-refractivity contribution in [1.82, 2.24) is 0 Å². The molecule has 0 unspecified atom stereocenters. The molecule has 0 radical (unpaired) electrons. The molecule has 16 heavy (non-hydrogen) atoms. The third-order valence-corrected chi connectivity index (χ3v) is 4.23. The summed E-state index contributed by atoms with van der Waals surface area (Å²) in [5, 5.41) is 22.3. The van der Waals surface area contributed by atoms with E-state index < -0.39 is 35.0 Å². The van der Waals surface area contributed by atoms with Gasteiger partial charge in [-0.15, -0.1) is 0 Å². The molecular formula is C10H12BaO5. The van der Waals surface area contributed by atoms with Crippen molar-refractivity contribution in [1.29, 1.82) is 0 Å². The van der Waals surface area contributed by atoms with Gasteiger partial charge in [0.1, 0.15) is 0 Å². The Balaban J connectivity index is 0.00000128. The summed E-state index contributed by atoms with van der Waals surface area (Å²) in [7, 11) is 0. The second-order valence-corrected chi connectivity index (χ2v) is 4.67. The van der Waals surface area contributed by atoms with Crippen LogP contribution in [-0.4, -0.2) is 73.0 Å². The number of fused-ring (bicyclic) bond motifs is 2. The first-order valence-corrected chi connectivity index (χ1v) is 4.93. The molecule has 4 atom stereocenters. The number of aliphatic carboxylic acids is 2. The van der Waals surface area contributed by atoms with Gasteiger partial charge in [-0.25, -0.2) is 0 Å². The average Bonchev–Trinajstić information content (AvgIpc) is 2.69. The Kier molecular flexibility index (Phi) is 3.90. The predicted molar refractivity (Wildman–Crippen MR) is 49.9 cm³/mol. The van der Waals surface area contributed by atoms with E-state index in [1.165, 1.54) is 13.8 Å². The third kappa shape index (κ3) is 1.46. The van der Waals surface area contributed by atoms with Gasteiger partial charge < -0.3 is 24.5 Å². The maximum Gasteiger partial charge on any atom is 2.00 e. The van der Waals surface area contributed by atoms with Crippen LogP contribution in [0.1, 0.15) is 26.7 Å². The molecule has 2 aliphatic rings. The number of carbonyl (C=O) groups is 2. The number of carbonyl (C=O) groups excluding carboxylic acids is 2. The van der Waals surface area contributed by atoms with Crippen LogP contribution in [0.15, 0.2) is 0 Å². The Hall–Kier alpha value is 0.471. The van der Waals surface area contributed by atoms with E-state index in [2.05, 4.69) is 0 Å². The molecule has 2 saturated heterocycles. The maximum atomic E-state index is 11.2. The molecule has 5 nitrogen and oxygen atoms in total. The second kappa shape index (κ2) is 4.29. The van der Waals surface area contributed by atoms with Crippen molar-refractivity contribution in [2.75, 3.05) is 0 Å². The van der Waals surface area contributed by atoms with Gasteiger partial charge in [0, 0.05) is 10.8 Å². The van der Waals surface area contributed by atoms with Gasteiger partial charge in [-0.05, 0) is 12.8 Å². The summed E-state index contributed by atoms with van der Waals surface area (Å²) in [5.41, 5.74) is -2.98. The fourth-order valence-electron chi connectivity index (χ4n) is 2.84. The first-order chi connectivity index (χ1) is 6.85. The summed E-state index contributed by atoms with van der Waals surface area (Å²) in [6.45, 7) is 2.75. The Labute approximate surface area is 134 Å². The van der Waals surface area contributed by atoms with E-state index in [1.54, 1.807) is 0 Å². The van der Waals surface area contributed by atoms with E-state index >= 15 is 0 Å². The topological polar surface area (TPSA) is 89.5 Å². The Morgan fingerprint density at radius 1 is 1.06 bits per heavy atom. The van der Waals surface area contributed by atoms with Crippen LogP contribution in [0.2, 0.25) is 0 Å². The fourth-order valence-corrected chi connectivity index (χ4v) is 2.84. The molecule has 2 rings (SSSR count). The van der Waals surface area contributed by atoms with Crippen molar-refractivity contribution in [3.63, 3.8) is 0 Å². The zero-order valence-electron chi connectivity index (χ0n) is 9.32. The Morgan fingerprint density at radius 3 is 1.62 bits per heavy atom. The zero-order valence-corrected chi connectivity index (χ0v) is 13.8. The van der Waals surface area contributed by atoms with Crippen molar-refractivity contribution >= 4 is 60.8 Å². The van der Waals surface area contributed by atoms with E-state index in [0.29, 0.717) is 12.8 Å². The molecule has 6 heteroatoms. The van der Waals surface area contributed by atoms with Gasteiger partial charge in [0.15, 0.2) is 0 Å². The molecular weight excluding hydrogens is 337 g/mol. The van der Waals surface area contributed by atoms with E-state index in [9.17, 15) is 19.8 Å². The van der Waals surface area contributed by atoms with Crippen LogP contribution in [0.3, 0.4) is 0 Å². The standard InChI is InChI=1S/C10H14O5.Ba/c1-9(7(11)12)5-3-4-6(15-5)10(9,2)8(13)14;/h5-6H,3-4H2,1-2H3,(H,11,12)(H,13,14);/q;+2/p-2/t5-,6+,9+,10-;. The van der Waals surface area contributed by atoms with Crippen LogP contribution in [0, 0.1) is 10.8 Å². The molecule has 2 heterocycles. The summed E-state index contributed by atoms with van der Waals surface area (Å²) in [5.74, 6) is -2.75. The van der Waals surface area contributed by atoms with Crippen molar-refractivity contribution in [2.45, 2.75) is 38.9 Å². The van der Waals surface area contributed by atoms with Crippen molar-refractivity contribution in [3.8, 4) is 0 Å². The van der Waals surface area contributed by atoms with Gasteiger partial charge in [0.05, 0.1) is 24.1 Å². The first kappa shape index (κ1) is 14.5. The molecule has 0 aromatic rings. The number of rotatable bonds is 2. The largest absolute Gasteiger partial charge is 2.00 e. The number of hydrogen-bond acceptors (Lipinski definition) is 5. The summed E-state index contributed by atoms with van der Waals surface area (Å²) in [6.07, 6.45) is -0.0125. The van der Waals surface area contributed by atoms with E-state index in [4.69, 9.17) is 4.74 Å². The molecule has 2 fully saturated rings. The minimum absolute atomic E-state index is 0. The van der Waals surface area contributed by atoms with Gasteiger partial charge in [-0.3, -0.25) is 0 Å². The molecule has 0 aromatic carbocycles. The maximum absolute atomic E-state index is 11.2. The number of carboxylic acids is 2. The van der Waals surface area contributed by atoms with Crippen LogP contribution in [0.25, 0.3) is 0 Å². The third-order valence-electron chi connectivity index (χ3n) is 4.23. The summed E-state index contributed by atoms with van der Waals surface area (Å²) in [4.78, 5) is 22.3. The van der Waals surface area contributed by atoms with Crippen LogP contribution >= 0.6 is 0 Å². The fraction of sp³-hybridized carbons (Fsp3) is 0.800. The monoisotopic (exact) mass is 350 g/mol. The summed E-state index contributed by atoms with van der Waals surface area (Å²) >= 11 is 0. The minimum Gasteiger partial charge on any atom is -0.549 e. The molecule has 0 saturated carbocycles. The molecule has 0 amide bonds. The predicted octanol–water partition coefficient (Wildman–Crippen LogP) is -2.32. The van der Waals surface area contributed by atoms with Gasteiger partial charge >= 0.3 is 48.9 Å². The van der Waals surface area contributed by atoms with Gasteiger partial charge in [0.25, 0.3) is 0 Å². The SMILES string of the molecule is C[C@]1(C(=O)[O-])[C@@H]2CC[C@@H](O2)[C@@]1(C)C(=O)[O-].[Ba+2]. The van der Waals surface area contributed by atoms with Gasteiger partial charge in [-0.2, -0.15) is 0 Å². The molecule has 84 valence electrons. The molecule has 2 bridgehead atoms. The van der Waals surface area contributed by atoms with Crippen LogP contribution in [0.5, 0.6) is 0 Å². The molecule has 0 aromatic heterocycles. The minimum atomic E-state index is -1.49. The quantitative estimate of drug-likeness (QED) is 0.522. The van der Waals surface area contributed by atoms with Crippen LogP contribution in [0.4, 0.5) is 0 Å². The van der Waals surface area contributed by atoms with Crippen molar-refractivity contribution < 1.29 is 24.5 Å². The molecule has 2 aliphatic heterocycles. The van der Waals surface area contributed by atoms with E-state index in [1.807, 2.05) is 0 Å². The molecule has 0 N–H and O–H groups in total. The van der Waals surface area contributed by atoms with E-state index in [0.717, 1.165) is 0 Å². The zero-order chi connectivity index (χ0) is 11.4. The Morgan fingerprint density at radius 2 is 1.38 bits per heavy atom. The van der Waals surface area contributed by atoms with Gasteiger partial charge in [-0.1, -0.05) is 13.8 Å². The van der Waals surface area contributed by atoms with Crippen LogP contribution in [-0.2, 0) is 14.3 Å². The number of ether oxygens (including phenoxy) is 1. The van der Waals surface area contributed by atoms with Crippen LogP contribution < -0.4 is 10.2 Å². The van der Waals surface area contributed by atoms with Crippen molar-refractivity contribution in [2.24, 2.45) is 10.8 Å². The van der Waals surface area contributed by atoms with E-state index in [-0.39, 0.29) is 48.9 Å². The number of carboxylic acid groups (broad SMARTS) is 2. The summed E-state index contributed by atoms with van der Waals surface area (Å²) in [6, 6.07) is 0. The summed E-state index contributed by atoms with van der Waals surface area (Å²) < 4.78 is 5.38. The molecule has 0 spiro atoms. The smallest absolute Gasteiger partial charge is 0.549 e. The first-order valence-electron chi connectivity index (χ1n) is 4.93. The normalized spacial score (nSPS) is 45.1. The van der Waals surface area contributed by atoms with Crippen molar-refractivity contribution in [3.05, 3.63) is 0 Å².